The number of aliphatic hydroxyl groups is 1. The Bertz CT molecular complexity index is 500. The normalized spacial score (nSPS) is 13.3. The van der Waals surface area contributed by atoms with E-state index in [2.05, 4.69) is 31.2 Å². The van der Waals surface area contributed by atoms with E-state index in [-0.39, 0.29) is 12.5 Å². The second-order valence-corrected chi connectivity index (χ2v) is 4.34. The highest BCUT2D eigenvalue weighted by Crippen LogP contribution is 2.31. The van der Waals surface area contributed by atoms with Crippen molar-refractivity contribution >= 4 is 5.57 Å². The van der Waals surface area contributed by atoms with Crippen molar-refractivity contribution in [1.29, 1.82) is 0 Å². The fourth-order valence-corrected chi connectivity index (χ4v) is 2.19. The molecule has 0 aliphatic rings. The van der Waals surface area contributed by atoms with Crippen molar-refractivity contribution in [3.05, 3.63) is 77.9 Å². The zero-order chi connectivity index (χ0) is 12.8. The lowest BCUT2D eigenvalue weighted by molar-refractivity contribution is 0.343. The Balaban J connectivity index is 2.35. The van der Waals surface area contributed by atoms with Gasteiger partial charge in [-0.1, -0.05) is 73.7 Å². The average molecular weight is 238 g/mol. The van der Waals surface area contributed by atoms with E-state index in [1.54, 1.807) is 0 Å². The fourth-order valence-electron chi connectivity index (χ4n) is 2.19. The quantitative estimate of drug-likeness (QED) is 0.857. The van der Waals surface area contributed by atoms with Crippen LogP contribution >= 0.6 is 0 Å². The summed E-state index contributed by atoms with van der Waals surface area (Å²) in [5, 5.41) is 9.22. The lowest BCUT2D eigenvalue weighted by Crippen LogP contribution is -1.99. The van der Waals surface area contributed by atoms with Crippen molar-refractivity contribution in [3.8, 4) is 0 Å². The lowest BCUT2D eigenvalue weighted by Gasteiger charge is -2.17. The first-order chi connectivity index (χ1) is 8.83. The zero-order valence-corrected chi connectivity index (χ0v) is 10.6. The van der Waals surface area contributed by atoms with Crippen molar-refractivity contribution in [1.82, 2.24) is 0 Å². The van der Waals surface area contributed by atoms with Crippen molar-refractivity contribution in [2.45, 2.75) is 12.8 Å². The van der Waals surface area contributed by atoms with Gasteiger partial charge in [-0.3, -0.25) is 0 Å². The van der Waals surface area contributed by atoms with Gasteiger partial charge in [0.25, 0.3) is 0 Å². The van der Waals surface area contributed by atoms with E-state index in [1.807, 2.05) is 42.5 Å². The Labute approximate surface area is 108 Å². The predicted octanol–water partition coefficient (Wildman–Crippen LogP) is 3.87. The molecule has 0 aliphatic heterocycles. The maximum Gasteiger partial charge on any atom is 0.0618 e. The number of hydrogen-bond donors (Lipinski definition) is 1. The Hall–Kier alpha value is -1.86. The largest absolute Gasteiger partial charge is 0.392 e. The summed E-state index contributed by atoms with van der Waals surface area (Å²) in [6, 6.07) is 20.6. The molecule has 0 saturated carbocycles. The van der Waals surface area contributed by atoms with Gasteiger partial charge in [-0.25, -0.2) is 0 Å². The molecule has 18 heavy (non-hydrogen) atoms. The summed E-state index contributed by atoms with van der Waals surface area (Å²) >= 11 is 0. The first-order valence-corrected chi connectivity index (χ1v) is 6.24. The molecule has 92 valence electrons. The molecule has 1 unspecified atom stereocenters. The Morgan fingerprint density at radius 3 is 2.11 bits per heavy atom. The first-order valence-electron chi connectivity index (χ1n) is 6.24. The van der Waals surface area contributed by atoms with Crippen LogP contribution in [0.15, 0.2) is 66.7 Å². The van der Waals surface area contributed by atoms with Gasteiger partial charge in [-0.05, 0) is 16.7 Å². The SMILES string of the molecule is CC(/C(=C/CO)c1ccccc1)c1ccccc1. The van der Waals surface area contributed by atoms with Crippen molar-refractivity contribution < 1.29 is 5.11 Å². The standard InChI is InChI=1S/C17H18O/c1-14(15-8-4-2-5-9-15)17(12-13-18)16-10-6-3-7-11-16/h2-12,14,18H,13H2,1H3/b17-12-. The lowest BCUT2D eigenvalue weighted by atomic mass is 9.88. The number of rotatable bonds is 4. The Morgan fingerprint density at radius 1 is 1.00 bits per heavy atom. The molecule has 2 aromatic carbocycles. The third kappa shape index (κ3) is 2.88. The van der Waals surface area contributed by atoms with Crippen LogP contribution in [0.4, 0.5) is 0 Å². The topological polar surface area (TPSA) is 20.2 Å². The molecule has 0 amide bonds. The van der Waals surface area contributed by atoms with Gasteiger partial charge >= 0.3 is 0 Å². The maximum absolute atomic E-state index is 9.22. The number of hydrogen-bond acceptors (Lipinski definition) is 1. The first kappa shape index (κ1) is 12.6. The van der Waals surface area contributed by atoms with E-state index in [0.29, 0.717) is 0 Å². The summed E-state index contributed by atoms with van der Waals surface area (Å²) < 4.78 is 0. The summed E-state index contributed by atoms with van der Waals surface area (Å²) in [5.74, 6) is 0.278. The van der Waals surface area contributed by atoms with Gasteiger partial charge < -0.3 is 5.11 Å². The number of allylic oxidation sites excluding steroid dienone is 1. The third-order valence-corrected chi connectivity index (χ3v) is 3.18. The molecule has 2 rings (SSSR count). The average Bonchev–Trinajstić information content (AvgIpc) is 2.46. The second-order valence-electron chi connectivity index (χ2n) is 4.34. The summed E-state index contributed by atoms with van der Waals surface area (Å²) in [6.45, 7) is 2.24. The Morgan fingerprint density at radius 2 is 1.56 bits per heavy atom. The predicted molar refractivity (Wildman–Crippen MR) is 76.4 cm³/mol. The van der Waals surface area contributed by atoms with E-state index >= 15 is 0 Å². The van der Waals surface area contributed by atoms with E-state index in [9.17, 15) is 5.11 Å². The van der Waals surface area contributed by atoms with E-state index in [0.717, 1.165) is 0 Å². The highest BCUT2D eigenvalue weighted by Gasteiger charge is 2.12. The van der Waals surface area contributed by atoms with Crippen LogP contribution in [0.1, 0.15) is 24.0 Å². The molecule has 0 aromatic heterocycles. The van der Waals surface area contributed by atoms with Crippen LogP contribution in [0.25, 0.3) is 5.57 Å². The molecule has 0 aliphatic carbocycles. The van der Waals surface area contributed by atoms with Crippen LogP contribution in [-0.2, 0) is 0 Å². The van der Waals surface area contributed by atoms with Gasteiger partial charge in [0.15, 0.2) is 0 Å². The molecule has 0 fully saturated rings. The second kappa shape index (κ2) is 6.18. The highest BCUT2D eigenvalue weighted by atomic mass is 16.2. The van der Waals surface area contributed by atoms with Gasteiger partial charge in [0, 0.05) is 5.92 Å². The molecular weight excluding hydrogens is 220 g/mol. The number of benzene rings is 2. The van der Waals surface area contributed by atoms with E-state index in [4.69, 9.17) is 0 Å². The van der Waals surface area contributed by atoms with Crippen LogP contribution in [0.3, 0.4) is 0 Å². The molecular formula is C17H18O. The third-order valence-electron chi connectivity index (χ3n) is 3.18. The molecule has 0 saturated heterocycles. The molecule has 2 aromatic rings. The van der Waals surface area contributed by atoms with Crippen molar-refractivity contribution in [3.63, 3.8) is 0 Å². The number of aliphatic hydroxyl groups excluding tert-OH is 1. The van der Waals surface area contributed by atoms with Crippen LogP contribution in [0.2, 0.25) is 0 Å². The highest BCUT2D eigenvalue weighted by molar-refractivity contribution is 5.71. The van der Waals surface area contributed by atoms with Gasteiger partial charge in [0.05, 0.1) is 6.61 Å². The minimum atomic E-state index is 0.0708. The monoisotopic (exact) mass is 238 g/mol. The fraction of sp³-hybridized carbons (Fsp3) is 0.176. The van der Waals surface area contributed by atoms with Crippen molar-refractivity contribution in [2.75, 3.05) is 6.61 Å². The molecule has 0 spiro atoms. The summed E-state index contributed by atoms with van der Waals surface area (Å²) in [6.07, 6.45) is 1.90. The van der Waals surface area contributed by atoms with E-state index in [1.165, 1.54) is 16.7 Å². The minimum Gasteiger partial charge on any atom is -0.392 e. The molecule has 1 N–H and O–H groups in total. The van der Waals surface area contributed by atoms with Crippen LogP contribution in [0, 0.1) is 0 Å². The maximum atomic E-state index is 9.22. The molecule has 1 heteroatoms. The van der Waals surface area contributed by atoms with Gasteiger partial charge in [0.1, 0.15) is 0 Å². The van der Waals surface area contributed by atoms with E-state index < -0.39 is 0 Å². The molecule has 0 heterocycles. The zero-order valence-electron chi connectivity index (χ0n) is 10.6. The smallest absolute Gasteiger partial charge is 0.0618 e. The van der Waals surface area contributed by atoms with Crippen molar-refractivity contribution in [2.24, 2.45) is 0 Å². The van der Waals surface area contributed by atoms with Crippen LogP contribution in [0.5, 0.6) is 0 Å². The van der Waals surface area contributed by atoms with Crippen LogP contribution < -0.4 is 0 Å². The molecule has 1 atom stereocenters. The van der Waals surface area contributed by atoms with Gasteiger partial charge in [-0.2, -0.15) is 0 Å². The summed E-state index contributed by atoms with van der Waals surface area (Å²) in [5.41, 5.74) is 3.60. The molecule has 0 radical (unpaired) electrons. The van der Waals surface area contributed by atoms with Gasteiger partial charge in [0.2, 0.25) is 0 Å². The molecule has 0 bridgehead atoms. The van der Waals surface area contributed by atoms with Crippen LogP contribution in [-0.4, -0.2) is 11.7 Å². The summed E-state index contributed by atoms with van der Waals surface area (Å²) in [4.78, 5) is 0. The van der Waals surface area contributed by atoms with Gasteiger partial charge in [-0.15, -0.1) is 0 Å². The summed E-state index contributed by atoms with van der Waals surface area (Å²) in [7, 11) is 0. The Kier molecular flexibility index (Phi) is 4.32. The molecule has 1 nitrogen and oxygen atoms in total. The minimum absolute atomic E-state index is 0.0708.